The van der Waals surface area contributed by atoms with Crippen LogP contribution < -0.4 is 5.32 Å². The summed E-state index contributed by atoms with van der Waals surface area (Å²) in [6.07, 6.45) is 0.158. The highest BCUT2D eigenvalue weighted by atomic mass is 35.6. The lowest BCUT2D eigenvalue weighted by atomic mass is 10.0. The molecule has 2 heterocycles. The lowest BCUT2D eigenvalue weighted by Crippen LogP contribution is -2.66. The Kier molecular flexibility index (Phi) is 5.92. The van der Waals surface area contributed by atoms with E-state index in [1.54, 1.807) is 6.92 Å². The molecule has 1 N–H and O–H groups in total. The first-order valence-electron chi connectivity index (χ1n) is 8.30. The number of nitrogens with zero attached hydrogens (tertiary/aromatic N) is 1. The molecular weight excluding hydrogens is 447 g/mol. The topological polar surface area (TPSA) is 75.7 Å². The smallest absolute Gasteiger partial charge is 0.328 e. The number of fused-ring (bicyclic) bond motifs is 1. The van der Waals surface area contributed by atoms with Gasteiger partial charge < -0.3 is 10.1 Å². The summed E-state index contributed by atoms with van der Waals surface area (Å²) in [6.45, 7) is 5.03. The zero-order chi connectivity index (χ0) is 20.7. The molecule has 28 heavy (non-hydrogen) atoms. The summed E-state index contributed by atoms with van der Waals surface area (Å²) in [5.74, 6) is -1.25. The quantitative estimate of drug-likeness (QED) is 0.413. The fourth-order valence-corrected chi connectivity index (χ4v) is 4.69. The van der Waals surface area contributed by atoms with Gasteiger partial charge in [-0.05, 0) is 12.5 Å². The van der Waals surface area contributed by atoms with Crippen LogP contribution in [0.1, 0.15) is 12.5 Å². The first-order valence-corrected chi connectivity index (χ1v) is 10.3. The molecule has 10 heteroatoms. The van der Waals surface area contributed by atoms with Crippen LogP contribution >= 0.6 is 46.6 Å². The van der Waals surface area contributed by atoms with Crippen molar-refractivity contribution in [2.24, 2.45) is 0 Å². The molecule has 2 fully saturated rings. The molecule has 3 atom stereocenters. The van der Waals surface area contributed by atoms with Crippen LogP contribution in [-0.4, -0.2) is 49.2 Å². The fourth-order valence-electron chi connectivity index (χ4n) is 3.00. The SMILES string of the molecule is C=C1N2C(=O)C(NC(=O)Cc3ccccc3)[C@H]2SC1(C)C(=O)OCC(Cl)(Cl)Cl. The largest absolute Gasteiger partial charge is 0.460 e. The lowest BCUT2D eigenvalue weighted by molar-refractivity contribution is -0.147. The number of β-lactam (4-membered cyclic amide) rings is 1. The fraction of sp³-hybridized carbons (Fsp3) is 0.389. The molecule has 0 aliphatic carbocycles. The van der Waals surface area contributed by atoms with E-state index in [2.05, 4.69) is 11.9 Å². The summed E-state index contributed by atoms with van der Waals surface area (Å²) < 4.78 is 2.13. The van der Waals surface area contributed by atoms with Crippen LogP contribution in [0.5, 0.6) is 0 Å². The van der Waals surface area contributed by atoms with Crippen LogP contribution in [0.2, 0.25) is 0 Å². The van der Waals surface area contributed by atoms with E-state index in [-0.39, 0.29) is 23.9 Å². The number of benzene rings is 1. The third-order valence-electron chi connectivity index (χ3n) is 4.52. The Morgan fingerprint density at radius 1 is 1.32 bits per heavy atom. The monoisotopic (exact) mass is 462 g/mol. The molecule has 3 rings (SSSR count). The Hall–Kier alpha value is -1.41. The van der Waals surface area contributed by atoms with Gasteiger partial charge in [0.1, 0.15) is 18.0 Å². The second kappa shape index (κ2) is 7.78. The third-order valence-corrected chi connectivity index (χ3v) is 6.45. The molecule has 2 amide bonds. The van der Waals surface area contributed by atoms with E-state index in [4.69, 9.17) is 39.5 Å². The highest BCUT2D eigenvalue weighted by Gasteiger charge is 2.63. The summed E-state index contributed by atoms with van der Waals surface area (Å²) >= 11 is 18.0. The minimum atomic E-state index is -1.74. The summed E-state index contributed by atoms with van der Waals surface area (Å²) in [7, 11) is 0. The van der Waals surface area contributed by atoms with Crippen LogP contribution in [0.4, 0.5) is 0 Å². The number of amides is 2. The standard InChI is InChI=1S/C18H17Cl3N2O4S/c1-10-17(2,16(26)27-9-18(19,20)21)28-15-13(14(25)23(10)15)22-12(24)8-11-6-4-3-5-7-11/h3-7,13,15H,1,8-9H2,2H3,(H,22,24)/t13?,15-,17?/m1/s1. The molecule has 1 aromatic carbocycles. The van der Waals surface area contributed by atoms with Gasteiger partial charge in [0, 0.05) is 5.70 Å². The van der Waals surface area contributed by atoms with E-state index in [9.17, 15) is 14.4 Å². The number of carbonyl (C=O) groups excluding carboxylic acids is 3. The number of hydrogen-bond donors (Lipinski definition) is 1. The minimum absolute atomic E-state index is 0.158. The third kappa shape index (κ3) is 4.13. The Morgan fingerprint density at radius 3 is 2.57 bits per heavy atom. The molecule has 2 aliphatic rings. The first kappa shape index (κ1) is 21.3. The van der Waals surface area contributed by atoms with E-state index in [1.165, 1.54) is 16.7 Å². The number of rotatable bonds is 5. The molecule has 0 saturated carbocycles. The van der Waals surface area contributed by atoms with Gasteiger partial charge in [-0.15, -0.1) is 11.8 Å². The van der Waals surface area contributed by atoms with Gasteiger partial charge in [0.05, 0.1) is 6.42 Å². The van der Waals surface area contributed by atoms with Crippen molar-refractivity contribution < 1.29 is 19.1 Å². The van der Waals surface area contributed by atoms with Crippen molar-refractivity contribution in [3.63, 3.8) is 0 Å². The summed E-state index contributed by atoms with van der Waals surface area (Å²) in [4.78, 5) is 38.7. The zero-order valence-electron chi connectivity index (χ0n) is 14.8. The number of ether oxygens (including phenoxy) is 1. The van der Waals surface area contributed by atoms with Crippen molar-refractivity contribution in [3.8, 4) is 0 Å². The van der Waals surface area contributed by atoms with E-state index < -0.39 is 32.5 Å². The molecule has 2 saturated heterocycles. The molecule has 0 aromatic heterocycles. The normalized spacial score (nSPS) is 26.5. The van der Waals surface area contributed by atoms with E-state index in [0.29, 0.717) is 0 Å². The Balaban J connectivity index is 1.64. The number of carbonyl (C=O) groups is 3. The van der Waals surface area contributed by atoms with Crippen molar-refractivity contribution in [2.75, 3.05) is 6.61 Å². The molecule has 1 aromatic rings. The number of esters is 1. The summed E-state index contributed by atoms with van der Waals surface area (Å²) in [6, 6.07) is 8.46. The summed E-state index contributed by atoms with van der Waals surface area (Å²) in [5.41, 5.74) is 1.13. The predicted molar refractivity (Wildman–Crippen MR) is 109 cm³/mol. The Labute approximate surface area is 181 Å². The number of halogens is 3. The second-order valence-electron chi connectivity index (χ2n) is 6.60. The van der Waals surface area contributed by atoms with Gasteiger partial charge in [0.25, 0.3) is 5.91 Å². The second-order valence-corrected chi connectivity index (χ2v) is 10.6. The Bertz CT molecular complexity index is 830. The van der Waals surface area contributed by atoms with E-state index in [1.807, 2.05) is 30.3 Å². The van der Waals surface area contributed by atoms with Gasteiger partial charge in [0.2, 0.25) is 9.70 Å². The molecule has 2 aliphatic heterocycles. The number of nitrogens with one attached hydrogen (secondary N) is 1. The van der Waals surface area contributed by atoms with Gasteiger partial charge in [0.15, 0.2) is 4.75 Å². The molecule has 6 nitrogen and oxygen atoms in total. The lowest BCUT2D eigenvalue weighted by Gasteiger charge is -2.41. The van der Waals surface area contributed by atoms with Gasteiger partial charge >= 0.3 is 5.97 Å². The maximum atomic E-state index is 12.5. The summed E-state index contributed by atoms with van der Waals surface area (Å²) in [5, 5.41) is 2.29. The van der Waals surface area contributed by atoms with Crippen LogP contribution in [0.3, 0.4) is 0 Å². The van der Waals surface area contributed by atoms with Crippen LogP contribution in [0, 0.1) is 0 Å². The molecule has 150 valence electrons. The number of thioether (sulfide) groups is 1. The maximum Gasteiger partial charge on any atom is 0.328 e. The highest BCUT2D eigenvalue weighted by molar-refractivity contribution is 8.02. The van der Waals surface area contributed by atoms with Crippen molar-refractivity contribution >= 4 is 64.3 Å². The van der Waals surface area contributed by atoms with Crippen LogP contribution in [0.25, 0.3) is 0 Å². The van der Waals surface area contributed by atoms with E-state index >= 15 is 0 Å². The molecule has 2 unspecified atom stereocenters. The average molecular weight is 464 g/mol. The molecule has 0 radical (unpaired) electrons. The molecule has 0 spiro atoms. The van der Waals surface area contributed by atoms with Crippen molar-refractivity contribution in [1.29, 1.82) is 0 Å². The Morgan fingerprint density at radius 2 is 1.96 bits per heavy atom. The van der Waals surface area contributed by atoms with Crippen molar-refractivity contribution in [2.45, 2.75) is 33.3 Å². The highest BCUT2D eigenvalue weighted by Crippen LogP contribution is 2.53. The van der Waals surface area contributed by atoms with Gasteiger partial charge in [-0.2, -0.15) is 0 Å². The molecular formula is C18H17Cl3N2O4S. The number of alkyl halides is 3. The minimum Gasteiger partial charge on any atom is -0.460 e. The van der Waals surface area contributed by atoms with Gasteiger partial charge in [-0.3, -0.25) is 19.3 Å². The predicted octanol–water partition coefficient (Wildman–Crippen LogP) is 2.81. The average Bonchev–Trinajstić information content (AvgIpc) is 2.87. The van der Waals surface area contributed by atoms with Gasteiger partial charge in [-0.1, -0.05) is 71.7 Å². The molecule has 0 bridgehead atoms. The first-order chi connectivity index (χ1) is 13.0. The van der Waals surface area contributed by atoms with E-state index in [0.717, 1.165) is 5.56 Å². The van der Waals surface area contributed by atoms with Crippen LogP contribution in [0.15, 0.2) is 42.6 Å². The zero-order valence-corrected chi connectivity index (χ0v) is 17.9. The maximum absolute atomic E-state index is 12.5. The van der Waals surface area contributed by atoms with Crippen LogP contribution in [-0.2, 0) is 25.5 Å². The van der Waals surface area contributed by atoms with Crippen molar-refractivity contribution in [3.05, 3.63) is 48.2 Å². The number of hydrogen-bond acceptors (Lipinski definition) is 5. The van der Waals surface area contributed by atoms with Gasteiger partial charge in [-0.25, -0.2) is 0 Å². The van der Waals surface area contributed by atoms with Crippen molar-refractivity contribution in [1.82, 2.24) is 10.2 Å².